The van der Waals surface area contributed by atoms with Gasteiger partial charge in [0.05, 0.1) is 6.67 Å². The van der Waals surface area contributed by atoms with E-state index in [9.17, 15) is 19.2 Å². The van der Waals surface area contributed by atoms with Crippen molar-refractivity contribution in [1.29, 1.82) is 0 Å². The number of rotatable bonds is 3. The molecule has 1 fully saturated rings. The summed E-state index contributed by atoms with van der Waals surface area (Å²) in [6, 6.07) is 0. The van der Waals surface area contributed by atoms with Crippen LogP contribution in [0.2, 0.25) is 0 Å². The van der Waals surface area contributed by atoms with E-state index >= 15 is 0 Å². The van der Waals surface area contributed by atoms with Crippen LogP contribution in [0.5, 0.6) is 0 Å². The van der Waals surface area contributed by atoms with E-state index in [2.05, 4.69) is 15.5 Å². The third-order valence-corrected chi connectivity index (χ3v) is 2.04. The molecular formula is C11H17N3O6. The Hall–Kier alpha value is -2.32. The van der Waals surface area contributed by atoms with Gasteiger partial charge in [0.25, 0.3) is 11.8 Å². The zero-order chi connectivity index (χ0) is 15.3. The number of imide groups is 1. The third kappa shape index (κ3) is 5.12. The van der Waals surface area contributed by atoms with Gasteiger partial charge < -0.3 is 20.2 Å². The Kier molecular flexibility index (Phi) is 4.89. The molecule has 2 N–H and O–H groups in total. The Morgan fingerprint density at radius 2 is 1.60 bits per heavy atom. The van der Waals surface area contributed by atoms with Crippen LogP contribution < -0.4 is 10.6 Å². The second-order valence-electron chi connectivity index (χ2n) is 4.99. The van der Waals surface area contributed by atoms with Crippen LogP contribution in [-0.2, 0) is 19.2 Å². The SMILES string of the molecule is CC(C)(C)OC(=O)NCNC(=O)ON1C(=O)CCC1=O. The van der Waals surface area contributed by atoms with E-state index in [1.54, 1.807) is 20.8 Å². The number of carbonyl (C=O) groups is 4. The summed E-state index contributed by atoms with van der Waals surface area (Å²) in [6.07, 6.45) is -1.71. The van der Waals surface area contributed by atoms with Crippen molar-refractivity contribution in [3.8, 4) is 0 Å². The number of carbonyl (C=O) groups excluding carboxylic acids is 4. The van der Waals surface area contributed by atoms with Crippen LogP contribution in [0.25, 0.3) is 0 Å². The van der Waals surface area contributed by atoms with Crippen molar-refractivity contribution in [1.82, 2.24) is 15.7 Å². The Bertz CT molecular complexity index is 412. The first-order chi connectivity index (χ1) is 9.19. The summed E-state index contributed by atoms with van der Waals surface area (Å²) in [4.78, 5) is 49.4. The molecule has 1 aliphatic rings. The van der Waals surface area contributed by atoms with Crippen LogP contribution in [0.3, 0.4) is 0 Å². The van der Waals surface area contributed by atoms with Crippen molar-refractivity contribution in [3.63, 3.8) is 0 Å². The number of nitrogens with zero attached hydrogens (tertiary/aromatic N) is 1. The second-order valence-corrected chi connectivity index (χ2v) is 4.99. The number of hydrogen-bond acceptors (Lipinski definition) is 6. The Labute approximate surface area is 115 Å². The van der Waals surface area contributed by atoms with Crippen LogP contribution in [-0.4, -0.2) is 41.3 Å². The number of alkyl carbamates (subject to hydrolysis) is 1. The fourth-order valence-corrected chi connectivity index (χ4v) is 1.28. The van der Waals surface area contributed by atoms with Gasteiger partial charge in [0.15, 0.2) is 0 Å². The zero-order valence-corrected chi connectivity index (χ0v) is 11.5. The molecule has 0 unspecified atom stereocenters. The highest BCUT2D eigenvalue weighted by molar-refractivity contribution is 6.01. The number of nitrogens with one attached hydrogen (secondary N) is 2. The molecule has 112 valence electrons. The summed E-state index contributed by atoms with van der Waals surface area (Å²) in [7, 11) is 0. The second kappa shape index (κ2) is 6.22. The standard InChI is InChI=1S/C11H17N3O6/c1-11(2,3)19-9(17)12-6-13-10(18)20-14-7(15)4-5-8(14)16/h4-6H2,1-3H3,(H,12,17)(H,13,18). The van der Waals surface area contributed by atoms with Gasteiger partial charge in [-0.1, -0.05) is 0 Å². The predicted octanol–water partition coefficient (Wildman–Crippen LogP) is 0.259. The van der Waals surface area contributed by atoms with Crippen LogP contribution in [0.1, 0.15) is 33.6 Å². The van der Waals surface area contributed by atoms with Crippen LogP contribution >= 0.6 is 0 Å². The fourth-order valence-electron chi connectivity index (χ4n) is 1.28. The lowest BCUT2D eigenvalue weighted by Crippen LogP contribution is -2.43. The molecule has 9 heteroatoms. The Morgan fingerprint density at radius 3 is 2.10 bits per heavy atom. The van der Waals surface area contributed by atoms with Crippen molar-refractivity contribution in [2.75, 3.05) is 6.67 Å². The van der Waals surface area contributed by atoms with Gasteiger partial charge in [0.2, 0.25) is 0 Å². The van der Waals surface area contributed by atoms with Crippen LogP contribution in [0.15, 0.2) is 0 Å². The molecule has 1 heterocycles. The number of ether oxygens (including phenoxy) is 1. The lowest BCUT2D eigenvalue weighted by Gasteiger charge is -2.19. The summed E-state index contributed by atoms with van der Waals surface area (Å²) in [5.74, 6) is -1.16. The first kappa shape index (κ1) is 15.7. The minimum atomic E-state index is -1.02. The maximum Gasteiger partial charge on any atom is 0.433 e. The van der Waals surface area contributed by atoms with Crippen molar-refractivity contribution < 1.29 is 28.8 Å². The summed E-state index contributed by atoms with van der Waals surface area (Å²) < 4.78 is 4.93. The molecule has 9 nitrogen and oxygen atoms in total. The highest BCUT2D eigenvalue weighted by Gasteiger charge is 2.32. The normalized spacial score (nSPS) is 15.1. The van der Waals surface area contributed by atoms with Crippen molar-refractivity contribution >= 4 is 24.0 Å². The van der Waals surface area contributed by atoms with Crippen LogP contribution in [0.4, 0.5) is 9.59 Å². The first-order valence-electron chi connectivity index (χ1n) is 5.97. The highest BCUT2D eigenvalue weighted by Crippen LogP contribution is 2.11. The molecule has 0 saturated carbocycles. The quantitative estimate of drug-likeness (QED) is 0.568. The van der Waals surface area contributed by atoms with Gasteiger partial charge in [0, 0.05) is 12.8 Å². The zero-order valence-electron chi connectivity index (χ0n) is 11.5. The molecular weight excluding hydrogens is 270 g/mol. The molecule has 20 heavy (non-hydrogen) atoms. The minimum absolute atomic E-state index is 0.0161. The van der Waals surface area contributed by atoms with E-state index in [0.29, 0.717) is 5.06 Å². The smallest absolute Gasteiger partial charge is 0.433 e. The Morgan fingerprint density at radius 1 is 1.10 bits per heavy atom. The lowest BCUT2D eigenvalue weighted by molar-refractivity contribution is -0.171. The minimum Gasteiger partial charge on any atom is -0.444 e. The average molecular weight is 287 g/mol. The average Bonchev–Trinajstić information content (AvgIpc) is 2.58. The largest absolute Gasteiger partial charge is 0.444 e. The molecule has 4 amide bonds. The molecule has 0 radical (unpaired) electrons. The first-order valence-corrected chi connectivity index (χ1v) is 5.97. The van der Waals surface area contributed by atoms with E-state index < -0.39 is 29.6 Å². The molecule has 1 saturated heterocycles. The maximum absolute atomic E-state index is 11.3. The molecule has 1 rings (SSSR count). The van der Waals surface area contributed by atoms with Crippen molar-refractivity contribution in [2.24, 2.45) is 0 Å². The molecule has 0 spiro atoms. The molecule has 0 aliphatic carbocycles. The van der Waals surface area contributed by atoms with E-state index in [4.69, 9.17) is 4.74 Å². The molecule has 0 atom stereocenters. The van der Waals surface area contributed by atoms with Gasteiger partial charge in [-0.05, 0) is 20.8 Å². The highest BCUT2D eigenvalue weighted by atomic mass is 16.7. The summed E-state index contributed by atoms with van der Waals surface area (Å²) in [5, 5.41) is 4.81. The molecule has 0 bridgehead atoms. The molecule has 0 aromatic rings. The summed E-state index contributed by atoms with van der Waals surface area (Å²) >= 11 is 0. The number of amides is 4. The van der Waals surface area contributed by atoms with Gasteiger partial charge in [-0.15, -0.1) is 5.06 Å². The fraction of sp³-hybridized carbons (Fsp3) is 0.636. The van der Waals surface area contributed by atoms with Gasteiger partial charge in [-0.3, -0.25) is 9.59 Å². The topological polar surface area (TPSA) is 114 Å². The van der Waals surface area contributed by atoms with Gasteiger partial charge >= 0.3 is 12.2 Å². The van der Waals surface area contributed by atoms with E-state index in [0.717, 1.165) is 0 Å². The lowest BCUT2D eigenvalue weighted by atomic mass is 10.2. The van der Waals surface area contributed by atoms with E-state index in [-0.39, 0.29) is 19.5 Å². The Balaban J connectivity index is 2.25. The monoisotopic (exact) mass is 287 g/mol. The number of hydroxylamine groups is 2. The predicted molar refractivity (Wildman–Crippen MR) is 64.9 cm³/mol. The maximum atomic E-state index is 11.3. The van der Waals surface area contributed by atoms with E-state index in [1.165, 1.54) is 0 Å². The van der Waals surface area contributed by atoms with Crippen LogP contribution in [0, 0.1) is 0 Å². The molecule has 0 aromatic carbocycles. The number of hydrogen-bond donors (Lipinski definition) is 2. The summed E-state index contributed by atoms with van der Waals surface area (Å²) in [5.41, 5.74) is -0.654. The van der Waals surface area contributed by atoms with Gasteiger partial charge in [-0.2, -0.15) is 0 Å². The van der Waals surface area contributed by atoms with Crippen molar-refractivity contribution in [3.05, 3.63) is 0 Å². The third-order valence-electron chi connectivity index (χ3n) is 2.04. The van der Waals surface area contributed by atoms with Gasteiger partial charge in [-0.25, -0.2) is 9.59 Å². The summed E-state index contributed by atoms with van der Waals surface area (Å²) in [6.45, 7) is 4.82. The molecule has 0 aromatic heterocycles. The van der Waals surface area contributed by atoms with Gasteiger partial charge in [0.1, 0.15) is 5.60 Å². The van der Waals surface area contributed by atoms with E-state index in [1.807, 2.05) is 0 Å². The van der Waals surface area contributed by atoms with Crippen molar-refractivity contribution in [2.45, 2.75) is 39.2 Å². The molecule has 1 aliphatic heterocycles.